The van der Waals surface area contributed by atoms with Crippen molar-refractivity contribution in [1.29, 1.82) is 0 Å². The van der Waals surface area contributed by atoms with Crippen LogP contribution in [0, 0.1) is 0 Å². The minimum Gasteiger partial charge on any atom is -0.508 e. The summed E-state index contributed by atoms with van der Waals surface area (Å²) in [5.41, 5.74) is 1.23. The van der Waals surface area contributed by atoms with Crippen molar-refractivity contribution in [2.24, 2.45) is 0 Å². The van der Waals surface area contributed by atoms with E-state index in [9.17, 15) is 5.11 Å². The van der Waals surface area contributed by atoms with Gasteiger partial charge in [-0.3, -0.25) is 0 Å². The third-order valence-electron chi connectivity index (χ3n) is 2.65. The Bertz CT molecular complexity index is 496. The number of aromatic nitrogens is 2. The maximum absolute atomic E-state index is 9.17. The van der Waals surface area contributed by atoms with Gasteiger partial charge in [-0.05, 0) is 30.5 Å². The van der Waals surface area contributed by atoms with Crippen molar-refractivity contribution in [2.45, 2.75) is 19.4 Å². The molecule has 1 N–H and O–H groups in total. The molecule has 0 amide bonds. The number of thiocarbonyl (C=S) groups is 1. The lowest BCUT2D eigenvalue weighted by atomic mass is 10.1. The molecule has 2 rings (SSSR count). The zero-order valence-electron chi connectivity index (χ0n) is 9.82. The third-order valence-corrected chi connectivity index (χ3v) is 2.86. The average molecular weight is 283 g/mol. The second kappa shape index (κ2) is 7.13. The molecule has 0 spiro atoms. The van der Waals surface area contributed by atoms with E-state index in [1.807, 2.05) is 22.9 Å². The van der Waals surface area contributed by atoms with E-state index in [2.05, 4.69) is 4.98 Å². The summed E-state index contributed by atoms with van der Waals surface area (Å²) < 4.78 is 2.05. The van der Waals surface area contributed by atoms with Crippen LogP contribution in [0.5, 0.6) is 5.75 Å². The molecule has 0 fully saturated rings. The summed E-state index contributed by atoms with van der Waals surface area (Å²) in [7, 11) is 0. The highest BCUT2D eigenvalue weighted by Crippen LogP contribution is 2.11. The van der Waals surface area contributed by atoms with Crippen molar-refractivity contribution < 1.29 is 5.11 Å². The van der Waals surface area contributed by atoms with Crippen molar-refractivity contribution in [3.05, 3.63) is 48.0 Å². The number of nitrogens with zero attached hydrogens (tertiary/aromatic N) is 2. The molecule has 3 nitrogen and oxygen atoms in total. The highest BCUT2D eigenvalue weighted by Gasteiger charge is 1.99. The number of rotatable bonds is 5. The first kappa shape index (κ1) is 14.7. The summed E-state index contributed by atoms with van der Waals surface area (Å²) in [6.45, 7) is 0.906. The van der Waals surface area contributed by atoms with Crippen molar-refractivity contribution in [1.82, 2.24) is 9.55 Å². The normalized spacial score (nSPS) is 9.78. The van der Waals surface area contributed by atoms with E-state index in [-0.39, 0.29) is 12.4 Å². The molecule has 5 heteroatoms. The van der Waals surface area contributed by atoms with E-state index in [0.29, 0.717) is 5.75 Å². The quantitative estimate of drug-likeness (QED) is 0.857. The predicted molar refractivity (Wildman–Crippen MR) is 78.7 cm³/mol. The van der Waals surface area contributed by atoms with Gasteiger partial charge in [-0.25, -0.2) is 4.98 Å². The molecule has 0 aliphatic carbocycles. The Morgan fingerprint density at radius 1 is 1.28 bits per heavy atom. The van der Waals surface area contributed by atoms with Crippen molar-refractivity contribution >= 4 is 30.0 Å². The summed E-state index contributed by atoms with van der Waals surface area (Å²) in [6.07, 6.45) is 5.71. The first-order valence-corrected chi connectivity index (χ1v) is 6.01. The molecule has 1 aromatic heterocycles. The van der Waals surface area contributed by atoms with Crippen LogP contribution >= 0.6 is 24.6 Å². The number of hydrogen-bond acceptors (Lipinski definition) is 3. The van der Waals surface area contributed by atoms with Gasteiger partial charge in [0.25, 0.3) is 0 Å². The molecule has 2 aromatic rings. The monoisotopic (exact) mass is 282 g/mol. The number of benzene rings is 1. The van der Waals surface area contributed by atoms with E-state index in [0.717, 1.165) is 25.2 Å². The van der Waals surface area contributed by atoms with Crippen LogP contribution in [0.25, 0.3) is 0 Å². The lowest BCUT2D eigenvalue weighted by Crippen LogP contribution is -2.02. The van der Waals surface area contributed by atoms with Gasteiger partial charge in [-0.15, -0.1) is 12.4 Å². The molecule has 96 valence electrons. The van der Waals surface area contributed by atoms with Gasteiger partial charge >= 0.3 is 0 Å². The van der Waals surface area contributed by atoms with Gasteiger partial charge in [0.05, 0.1) is 0 Å². The number of halogens is 1. The van der Waals surface area contributed by atoms with Crippen molar-refractivity contribution in [2.75, 3.05) is 0 Å². The number of phenols is 1. The summed E-state index contributed by atoms with van der Waals surface area (Å²) in [4.78, 5) is 4.14. The molecule has 0 aliphatic rings. The van der Waals surface area contributed by atoms with Crippen LogP contribution in [0.4, 0.5) is 0 Å². The Morgan fingerprint density at radius 2 is 2.00 bits per heavy atom. The lowest BCUT2D eigenvalue weighted by Gasteiger charge is -2.05. The molecule has 1 aromatic carbocycles. The van der Waals surface area contributed by atoms with Gasteiger partial charge in [-0.2, -0.15) is 0 Å². The molecule has 18 heavy (non-hydrogen) atoms. The number of hydrogen-bond donors (Lipinski definition) is 1. The first-order valence-electron chi connectivity index (χ1n) is 5.54. The minimum atomic E-state index is 0. The fourth-order valence-corrected chi connectivity index (χ4v) is 1.94. The lowest BCUT2D eigenvalue weighted by molar-refractivity contribution is 0.475. The maximum Gasteiger partial charge on any atom is 0.143 e. The minimum absolute atomic E-state index is 0. The third kappa shape index (κ3) is 3.82. The SMILES string of the molecule is Cl.Oc1ccc(CCCn2ccnc2C=S)cc1. The Labute approximate surface area is 118 Å². The molecule has 0 atom stereocenters. The van der Waals surface area contributed by atoms with Crippen molar-refractivity contribution in [3.63, 3.8) is 0 Å². The van der Waals surface area contributed by atoms with Gasteiger partial charge in [0.15, 0.2) is 0 Å². The fraction of sp³-hybridized carbons (Fsp3) is 0.231. The van der Waals surface area contributed by atoms with Gasteiger partial charge in [0.2, 0.25) is 0 Å². The van der Waals surface area contributed by atoms with E-state index in [1.54, 1.807) is 23.7 Å². The van der Waals surface area contributed by atoms with E-state index in [4.69, 9.17) is 12.2 Å². The summed E-state index contributed by atoms with van der Waals surface area (Å²) in [6, 6.07) is 7.33. The van der Waals surface area contributed by atoms with Crippen LogP contribution < -0.4 is 0 Å². The van der Waals surface area contributed by atoms with Crippen LogP contribution in [0.2, 0.25) is 0 Å². The largest absolute Gasteiger partial charge is 0.508 e. The number of imidazole rings is 1. The highest BCUT2D eigenvalue weighted by atomic mass is 35.5. The molecule has 1 heterocycles. The van der Waals surface area contributed by atoms with Gasteiger partial charge < -0.3 is 9.67 Å². The summed E-state index contributed by atoms with van der Waals surface area (Å²) >= 11 is 4.88. The Morgan fingerprint density at radius 3 is 2.67 bits per heavy atom. The van der Waals surface area contributed by atoms with E-state index in [1.165, 1.54) is 5.56 Å². The molecule has 0 aliphatic heterocycles. The molecule has 0 saturated carbocycles. The second-order valence-electron chi connectivity index (χ2n) is 3.87. The number of phenolic OH excluding ortho intramolecular Hbond substituents is 1. The average Bonchev–Trinajstić information content (AvgIpc) is 2.79. The van der Waals surface area contributed by atoms with Crippen molar-refractivity contribution in [3.8, 4) is 5.75 Å². The highest BCUT2D eigenvalue weighted by molar-refractivity contribution is 7.79. The van der Waals surface area contributed by atoms with Gasteiger partial charge in [0, 0.05) is 24.3 Å². The standard InChI is InChI=1S/C13H14N2OS.ClH/c16-12-5-3-11(4-6-12)2-1-8-15-9-7-14-13(15)10-17;/h3-7,9-10,16H,1-2,8H2;1H. The smallest absolute Gasteiger partial charge is 0.143 e. The molecular weight excluding hydrogens is 268 g/mol. The Balaban J connectivity index is 0.00000162. The van der Waals surface area contributed by atoms with Gasteiger partial charge in [0.1, 0.15) is 11.6 Å². The molecular formula is C13H15ClN2OS. The Hall–Kier alpha value is -1.39. The van der Waals surface area contributed by atoms with E-state index >= 15 is 0 Å². The molecule has 0 unspecified atom stereocenters. The number of aryl methyl sites for hydroxylation is 2. The van der Waals surface area contributed by atoms with E-state index < -0.39 is 0 Å². The maximum atomic E-state index is 9.17. The van der Waals surface area contributed by atoms with Crippen LogP contribution in [-0.2, 0) is 13.0 Å². The summed E-state index contributed by atoms with van der Waals surface area (Å²) in [5, 5.41) is 10.8. The van der Waals surface area contributed by atoms with Gasteiger partial charge in [-0.1, -0.05) is 24.4 Å². The zero-order chi connectivity index (χ0) is 12.1. The second-order valence-corrected chi connectivity index (χ2v) is 4.10. The van der Waals surface area contributed by atoms with Crippen LogP contribution in [-0.4, -0.2) is 20.0 Å². The summed E-state index contributed by atoms with van der Waals surface area (Å²) in [5.74, 6) is 1.15. The number of aromatic hydroxyl groups is 1. The first-order chi connectivity index (χ1) is 8.29. The zero-order valence-corrected chi connectivity index (χ0v) is 11.5. The molecule has 0 radical (unpaired) electrons. The topological polar surface area (TPSA) is 38.0 Å². The molecule has 0 bridgehead atoms. The fourth-order valence-electron chi connectivity index (χ4n) is 1.74. The molecule has 0 saturated heterocycles. The van der Waals surface area contributed by atoms with Crippen LogP contribution in [0.15, 0.2) is 36.7 Å². The van der Waals surface area contributed by atoms with Crippen LogP contribution in [0.1, 0.15) is 17.8 Å². The van der Waals surface area contributed by atoms with Crippen LogP contribution in [0.3, 0.4) is 0 Å². The predicted octanol–water partition coefficient (Wildman–Crippen LogP) is 2.99. The Kier molecular flexibility index (Phi) is 5.82.